The summed E-state index contributed by atoms with van der Waals surface area (Å²) in [5, 5.41) is 4.93. The van der Waals surface area contributed by atoms with E-state index in [2.05, 4.69) is 82.9 Å². The second-order valence-corrected chi connectivity index (χ2v) is 16.3. The third-order valence-corrected chi connectivity index (χ3v) is 11.0. The minimum Gasteiger partial charge on any atom is -0.453 e. The van der Waals surface area contributed by atoms with Crippen molar-refractivity contribution < 1.29 is 23.9 Å². The van der Waals surface area contributed by atoms with Gasteiger partial charge in [-0.15, -0.1) is 0 Å². The van der Waals surface area contributed by atoms with Crippen molar-refractivity contribution in [3.63, 3.8) is 0 Å². The number of hydrogen-bond donors (Lipinski definition) is 3. The number of fused-ring (bicyclic) bond motifs is 1. The molecule has 0 radical (unpaired) electrons. The second kappa shape index (κ2) is 15.8. The number of alkyl carbamates (subject to hydrolysis) is 1. The standard InChI is InChI=1S/C44H53N7O5/c1-8-33-19-20-37(51(33)43(54)56-44(4,5)6)40-46-24-34(47-40)28-13-11-27(12-14-28)29-15-16-31-23-32(18-17-30(31)22-29)35-25-45-39(48-35)36-10-9-21-50(36)41(52)38(26(2)3)49-42(53)55-7/h11-18,22-26,33,36-38H,8-10,19-21H2,1-7H3,(H,45,48)(H,46,47)(H,49,53)/t33-,36+,37+,38+/m1/s1. The predicted molar refractivity (Wildman–Crippen MR) is 217 cm³/mol. The Bertz CT molecular complexity index is 2200. The number of nitrogens with zero attached hydrogens (tertiary/aromatic N) is 4. The van der Waals surface area contributed by atoms with E-state index in [9.17, 15) is 14.4 Å². The molecule has 2 aliphatic rings. The van der Waals surface area contributed by atoms with Gasteiger partial charge < -0.3 is 29.7 Å². The fourth-order valence-corrected chi connectivity index (χ4v) is 8.08. The van der Waals surface area contributed by atoms with Gasteiger partial charge in [0.15, 0.2) is 0 Å². The van der Waals surface area contributed by atoms with Gasteiger partial charge in [0.1, 0.15) is 23.3 Å². The average Bonchev–Trinajstić information content (AvgIpc) is 4.01. The molecule has 2 saturated heterocycles. The number of likely N-dealkylation sites (tertiary alicyclic amines) is 2. The van der Waals surface area contributed by atoms with Crippen LogP contribution >= 0.6 is 0 Å². The van der Waals surface area contributed by atoms with Crippen molar-refractivity contribution in [3.05, 3.63) is 84.7 Å². The molecule has 2 fully saturated rings. The highest BCUT2D eigenvalue weighted by Gasteiger charge is 2.41. The quantitative estimate of drug-likeness (QED) is 0.136. The normalized spacial score (nSPS) is 19.1. The Hall–Kier alpha value is -5.65. The van der Waals surface area contributed by atoms with E-state index in [0.29, 0.717) is 6.54 Å². The minimum atomic E-state index is -0.680. The monoisotopic (exact) mass is 759 g/mol. The van der Waals surface area contributed by atoms with Crippen molar-refractivity contribution in [1.82, 2.24) is 35.1 Å². The maximum atomic E-state index is 13.6. The van der Waals surface area contributed by atoms with E-state index in [4.69, 9.17) is 19.4 Å². The van der Waals surface area contributed by atoms with Crippen LogP contribution in [-0.2, 0) is 14.3 Å². The fraction of sp³-hybridized carbons (Fsp3) is 0.432. The molecule has 2 aliphatic heterocycles. The number of amides is 3. The number of aromatic amines is 2. The summed E-state index contributed by atoms with van der Waals surface area (Å²) in [5.74, 6) is 1.30. The Kier molecular flexibility index (Phi) is 10.9. The van der Waals surface area contributed by atoms with Crippen molar-refractivity contribution in [2.45, 2.75) is 103 Å². The lowest BCUT2D eigenvalue weighted by Crippen LogP contribution is -2.51. The highest BCUT2D eigenvalue weighted by atomic mass is 16.6. The lowest BCUT2D eigenvalue weighted by atomic mass is 9.98. The molecule has 4 atom stereocenters. The minimum absolute atomic E-state index is 0.0973. The molecule has 7 rings (SSSR count). The molecular formula is C44H53N7O5. The van der Waals surface area contributed by atoms with Crippen LogP contribution in [0.3, 0.4) is 0 Å². The summed E-state index contributed by atoms with van der Waals surface area (Å²) in [6.07, 6.45) is 7.06. The molecule has 12 heteroatoms. The van der Waals surface area contributed by atoms with Gasteiger partial charge in [0, 0.05) is 18.2 Å². The number of rotatable bonds is 9. The maximum absolute atomic E-state index is 13.6. The predicted octanol–water partition coefficient (Wildman–Crippen LogP) is 9.18. The van der Waals surface area contributed by atoms with Gasteiger partial charge in [0.2, 0.25) is 5.91 Å². The fourth-order valence-electron chi connectivity index (χ4n) is 8.08. The van der Waals surface area contributed by atoms with Crippen LogP contribution in [0.25, 0.3) is 44.4 Å². The van der Waals surface area contributed by atoms with Crippen molar-refractivity contribution >= 4 is 28.9 Å². The number of methoxy groups -OCH3 is 1. The third kappa shape index (κ3) is 8.01. The summed E-state index contributed by atoms with van der Waals surface area (Å²) in [6, 6.07) is 20.4. The van der Waals surface area contributed by atoms with Crippen molar-refractivity contribution in [2.24, 2.45) is 5.92 Å². The van der Waals surface area contributed by atoms with Crippen LogP contribution in [0.1, 0.15) is 97.4 Å². The Balaban J connectivity index is 1.04. The van der Waals surface area contributed by atoms with Gasteiger partial charge in [-0.05, 0) is 98.4 Å². The van der Waals surface area contributed by atoms with Crippen LogP contribution in [0.15, 0.2) is 73.1 Å². The molecule has 4 heterocycles. The van der Waals surface area contributed by atoms with Crippen LogP contribution in [0.2, 0.25) is 0 Å². The largest absolute Gasteiger partial charge is 0.453 e. The molecule has 0 unspecified atom stereocenters. The Morgan fingerprint density at radius 3 is 2.04 bits per heavy atom. The molecule has 0 aliphatic carbocycles. The van der Waals surface area contributed by atoms with Crippen molar-refractivity contribution in [1.29, 1.82) is 0 Å². The van der Waals surface area contributed by atoms with Crippen LogP contribution < -0.4 is 5.32 Å². The Morgan fingerprint density at radius 2 is 1.41 bits per heavy atom. The van der Waals surface area contributed by atoms with Crippen molar-refractivity contribution in [3.8, 4) is 33.6 Å². The summed E-state index contributed by atoms with van der Waals surface area (Å²) in [7, 11) is 1.30. The van der Waals surface area contributed by atoms with Crippen LogP contribution in [0.5, 0.6) is 0 Å². The third-order valence-electron chi connectivity index (χ3n) is 11.0. The van der Waals surface area contributed by atoms with Gasteiger partial charge in [0.05, 0.1) is 43.0 Å². The summed E-state index contributed by atoms with van der Waals surface area (Å²) in [4.78, 5) is 58.9. The summed E-state index contributed by atoms with van der Waals surface area (Å²) >= 11 is 0. The van der Waals surface area contributed by atoms with E-state index in [1.807, 2.05) is 56.8 Å². The van der Waals surface area contributed by atoms with E-state index in [-0.39, 0.29) is 36.0 Å². The summed E-state index contributed by atoms with van der Waals surface area (Å²) in [6.45, 7) is 12.2. The molecule has 294 valence electrons. The first-order valence-electron chi connectivity index (χ1n) is 19.7. The van der Waals surface area contributed by atoms with E-state index >= 15 is 0 Å². The molecule has 0 spiro atoms. The molecule has 12 nitrogen and oxygen atoms in total. The van der Waals surface area contributed by atoms with Gasteiger partial charge in [-0.25, -0.2) is 19.6 Å². The zero-order chi connectivity index (χ0) is 39.7. The zero-order valence-electron chi connectivity index (χ0n) is 33.4. The Labute approximate surface area is 328 Å². The first-order valence-corrected chi connectivity index (χ1v) is 19.7. The molecule has 5 aromatic rings. The van der Waals surface area contributed by atoms with Gasteiger partial charge in [-0.1, -0.05) is 69.3 Å². The molecule has 3 aromatic carbocycles. The number of hydrogen-bond acceptors (Lipinski definition) is 7. The van der Waals surface area contributed by atoms with Gasteiger partial charge in [-0.3, -0.25) is 9.69 Å². The van der Waals surface area contributed by atoms with Gasteiger partial charge in [-0.2, -0.15) is 0 Å². The number of ether oxygens (including phenoxy) is 2. The number of aromatic nitrogens is 4. The van der Waals surface area contributed by atoms with E-state index in [1.165, 1.54) is 7.11 Å². The van der Waals surface area contributed by atoms with E-state index in [1.54, 1.807) is 0 Å². The molecule has 2 aromatic heterocycles. The van der Waals surface area contributed by atoms with Crippen LogP contribution in [0.4, 0.5) is 9.59 Å². The first-order chi connectivity index (χ1) is 26.8. The number of nitrogens with one attached hydrogen (secondary N) is 3. The Morgan fingerprint density at radius 1 is 0.821 bits per heavy atom. The number of H-pyrrole nitrogens is 2. The van der Waals surface area contributed by atoms with Crippen LogP contribution in [-0.4, -0.2) is 79.2 Å². The highest BCUT2D eigenvalue weighted by Crippen LogP contribution is 2.39. The average molecular weight is 760 g/mol. The molecular weight excluding hydrogens is 707 g/mol. The lowest BCUT2D eigenvalue weighted by Gasteiger charge is -2.31. The van der Waals surface area contributed by atoms with Crippen LogP contribution in [0, 0.1) is 5.92 Å². The lowest BCUT2D eigenvalue weighted by molar-refractivity contribution is -0.135. The second-order valence-electron chi connectivity index (χ2n) is 16.3. The number of imidazole rings is 2. The van der Waals surface area contributed by atoms with Crippen molar-refractivity contribution in [2.75, 3.05) is 13.7 Å². The molecule has 3 N–H and O–H groups in total. The molecule has 0 saturated carbocycles. The number of carbonyl (C=O) groups is 3. The molecule has 3 amide bonds. The van der Waals surface area contributed by atoms with E-state index in [0.717, 1.165) is 88.2 Å². The molecule has 56 heavy (non-hydrogen) atoms. The van der Waals surface area contributed by atoms with Gasteiger partial charge >= 0.3 is 12.2 Å². The first kappa shape index (κ1) is 38.6. The number of carbonyl (C=O) groups excluding carboxylic acids is 3. The highest BCUT2D eigenvalue weighted by molar-refractivity contribution is 5.91. The maximum Gasteiger partial charge on any atom is 0.411 e. The molecule has 0 bridgehead atoms. The van der Waals surface area contributed by atoms with Gasteiger partial charge in [0.25, 0.3) is 0 Å². The summed E-state index contributed by atoms with van der Waals surface area (Å²) < 4.78 is 10.5. The SMILES string of the molecule is CC[C@@H]1CC[C@@H](c2ncc(-c3ccc(-c4ccc5cc(-c6cnc([C@@H]7CCCN7C(=O)[C@@H](NC(=O)OC)C(C)C)[nH]6)ccc5c4)cc3)[nH]2)N1C(=O)OC(C)(C)C. The topological polar surface area (TPSA) is 146 Å². The number of benzene rings is 3. The zero-order valence-corrected chi connectivity index (χ0v) is 33.4. The smallest absolute Gasteiger partial charge is 0.411 e. The van der Waals surface area contributed by atoms with E-state index < -0.39 is 17.7 Å². The summed E-state index contributed by atoms with van der Waals surface area (Å²) in [5.41, 5.74) is 5.47.